The fourth-order valence-electron chi connectivity index (χ4n) is 7.30. The summed E-state index contributed by atoms with van der Waals surface area (Å²) >= 11 is 11.7. The summed E-state index contributed by atoms with van der Waals surface area (Å²) in [5, 5.41) is 50.9. The van der Waals surface area contributed by atoms with E-state index in [1.165, 1.54) is 22.3 Å². The second kappa shape index (κ2) is 13.9. The average molecular weight is 921 g/mol. The van der Waals surface area contributed by atoms with Crippen LogP contribution in [0, 0.1) is 27.5 Å². The molecule has 9 aromatic rings. The second-order valence-corrected chi connectivity index (χ2v) is 16.1. The molecule has 10 rings (SSSR count). The van der Waals surface area contributed by atoms with Crippen molar-refractivity contribution in [1.29, 1.82) is 5.26 Å². The maximum absolute atomic E-state index is 13.9. The van der Waals surface area contributed by atoms with Gasteiger partial charge in [0.05, 0.1) is 55.3 Å². The van der Waals surface area contributed by atoms with Crippen LogP contribution in [-0.2, 0) is 15.1 Å². The first kappa shape index (κ1) is 38.0. The van der Waals surface area contributed by atoms with Crippen LogP contribution in [0.25, 0.3) is 66.4 Å². The van der Waals surface area contributed by atoms with Crippen molar-refractivity contribution in [1.82, 2.24) is 39.7 Å². The summed E-state index contributed by atoms with van der Waals surface area (Å²) in [5.41, 5.74) is 2.40. The first-order chi connectivity index (χ1) is 29.4. The van der Waals surface area contributed by atoms with Crippen molar-refractivity contribution in [2.75, 3.05) is 16.7 Å². The van der Waals surface area contributed by atoms with Crippen LogP contribution >= 0.6 is 39.3 Å². The minimum Gasteiger partial charge on any atom is -0.462 e. The van der Waals surface area contributed by atoms with E-state index in [1.54, 1.807) is 37.3 Å². The first-order valence-corrected chi connectivity index (χ1v) is 19.8. The van der Waals surface area contributed by atoms with Gasteiger partial charge in [-0.15, -0.1) is 4.94 Å². The Kier molecular flexibility index (Phi) is 8.70. The Morgan fingerprint density at radius 2 is 1.57 bits per heavy atom. The van der Waals surface area contributed by atoms with Gasteiger partial charge in [-0.25, -0.2) is 18.7 Å². The standard InChI is InChI=1S/C38H21BrClN12O8S/c1-5-56-37(53)29-24(8-7-20-32(29)49-61-48-20)50-35-15(14-41)10-17(28-18(38(2,3)4)12-23-33(30(28)39)46-59-45-23)27(16-11-21-22(44-57-43-21)13-26(16)52(54)55)36(35)51(60-50)25-9-6-19-34(31(25)40)47-58-42-19/h6-9,11-13H,5H2,1-4H3. The maximum atomic E-state index is 13.9. The third-order valence-electron chi connectivity index (χ3n) is 9.94. The van der Waals surface area contributed by atoms with Crippen LogP contribution in [0.15, 0.2) is 60.8 Å². The number of hydrogen-bond donors (Lipinski definition) is 0. The van der Waals surface area contributed by atoms with Gasteiger partial charge in [-0.2, -0.15) is 24.1 Å². The zero-order valence-corrected chi connectivity index (χ0v) is 34.7. The number of esters is 1. The van der Waals surface area contributed by atoms with Gasteiger partial charge in [0.2, 0.25) is 0 Å². The van der Waals surface area contributed by atoms with Gasteiger partial charge in [0.1, 0.15) is 61.6 Å². The number of nitro benzene ring substituents is 1. The fraction of sp³-hybridized carbons (Fsp3) is 0.158. The molecule has 0 spiro atoms. The molecule has 0 atom stereocenters. The molecule has 0 aliphatic carbocycles. The number of halogens is 2. The van der Waals surface area contributed by atoms with Gasteiger partial charge >= 0.3 is 5.97 Å². The third kappa shape index (κ3) is 5.76. The summed E-state index contributed by atoms with van der Waals surface area (Å²) in [5.74, 6) is -0.764. The molecule has 4 aromatic heterocycles. The summed E-state index contributed by atoms with van der Waals surface area (Å²) in [7, 11) is 0. The molecule has 5 aromatic carbocycles. The number of hydrogen-bond acceptors (Lipinski definition) is 20. The minimum absolute atomic E-state index is 0.00550. The molecule has 0 saturated carbocycles. The Labute approximate surface area is 357 Å². The SMILES string of the molecule is CCOC(=O)c1c(N2ON(c3ccc4nonc4c3Cl)c3c(-c4cc5nonc5cc4[N+](=O)[O-])c(-c4c(C(C)(C)C)cc5nonc5c4Br)[c]c(C#N)c32)ccc2nsnc12. The predicted octanol–water partition coefficient (Wildman–Crippen LogP) is 9.24. The van der Waals surface area contributed by atoms with Crippen molar-refractivity contribution < 1.29 is 33.3 Å². The van der Waals surface area contributed by atoms with E-state index >= 15 is 0 Å². The summed E-state index contributed by atoms with van der Waals surface area (Å²) in [6.45, 7) is 7.55. The largest absolute Gasteiger partial charge is 0.462 e. The molecule has 23 heteroatoms. The summed E-state index contributed by atoms with van der Waals surface area (Å²) in [6.07, 6.45) is 0. The topological polar surface area (TPSA) is 251 Å². The average Bonchev–Trinajstić information content (AvgIpc) is 4.09. The molecule has 1 aliphatic rings. The fourth-order valence-corrected chi connectivity index (χ4v) is 8.80. The van der Waals surface area contributed by atoms with Crippen molar-refractivity contribution >= 4 is 118 Å². The van der Waals surface area contributed by atoms with E-state index in [-0.39, 0.29) is 84.3 Å². The van der Waals surface area contributed by atoms with Crippen LogP contribution in [0.4, 0.5) is 28.4 Å². The molecule has 5 heterocycles. The lowest BCUT2D eigenvalue weighted by Gasteiger charge is -2.27. The minimum atomic E-state index is -0.764. The summed E-state index contributed by atoms with van der Waals surface area (Å²) in [4.78, 5) is 33.3. The monoisotopic (exact) mass is 919 g/mol. The van der Waals surface area contributed by atoms with Gasteiger partial charge in [0, 0.05) is 28.8 Å². The highest BCUT2D eigenvalue weighted by Crippen LogP contribution is 2.59. The van der Waals surface area contributed by atoms with Crippen LogP contribution in [0.5, 0.6) is 0 Å². The molecule has 301 valence electrons. The lowest BCUT2D eigenvalue weighted by atomic mass is 9.79. The van der Waals surface area contributed by atoms with Crippen molar-refractivity contribution in [3.63, 3.8) is 0 Å². The molecule has 20 nitrogen and oxygen atoms in total. The number of benzene rings is 5. The molecular weight excluding hydrogens is 900 g/mol. The molecule has 0 unspecified atom stereocenters. The highest BCUT2D eigenvalue weighted by atomic mass is 79.9. The number of nitro groups is 1. The molecule has 0 fully saturated rings. The molecule has 0 saturated heterocycles. The van der Waals surface area contributed by atoms with Crippen molar-refractivity contribution in [3.05, 3.63) is 84.8 Å². The molecule has 1 radical (unpaired) electrons. The van der Waals surface area contributed by atoms with Crippen molar-refractivity contribution in [2.24, 2.45) is 0 Å². The number of fused-ring (bicyclic) bond motifs is 5. The highest BCUT2D eigenvalue weighted by molar-refractivity contribution is 9.10. The lowest BCUT2D eigenvalue weighted by Crippen LogP contribution is -2.23. The molecule has 1 aliphatic heterocycles. The van der Waals surface area contributed by atoms with E-state index in [0.717, 1.165) is 11.7 Å². The van der Waals surface area contributed by atoms with E-state index < -0.39 is 22.0 Å². The lowest BCUT2D eigenvalue weighted by molar-refractivity contribution is -0.384. The molecule has 61 heavy (non-hydrogen) atoms. The van der Waals surface area contributed by atoms with Crippen LogP contribution in [0.3, 0.4) is 0 Å². The van der Waals surface area contributed by atoms with Crippen LogP contribution in [0.2, 0.25) is 5.02 Å². The van der Waals surface area contributed by atoms with Gasteiger partial charge in [-0.05, 0) is 101 Å². The zero-order chi connectivity index (χ0) is 42.5. The number of ether oxygens (including phenoxy) is 1. The summed E-state index contributed by atoms with van der Waals surface area (Å²) < 4.78 is 29.8. The number of carbonyl (C=O) groups excluding carboxylic acids is 1. The summed E-state index contributed by atoms with van der Waals surface area (Å²) in [6, 6.07) is 16.3. The van der Waals surface area contributed by atoms with Crippen molar-refractivity contribution in [2.45, 2.75) is 33.1 Å². The van der Waals surface area contributed by atoms with E-state index in [2.05, 4.69) is 67.8 Å². The second-order valence-electron chi connectivity index (χ2n) is 14.4. The Morgan fingerprint density at radius 1 is 0.902 bits per heavy atom. The first-order valence-electron chi connectivity index (χ1n) is 17.9. The van der Waals surface area contributed by atoms with E-state index in [0.29, 0.717) is 37.7 Å². The maximum Gasteiger partial charge on any atom is 0.342 e. The Morgan fingerprint density at radius 3 is 2.31 bits per heavy atom. The molecular formula is C38H21BrClN12O8S. The van der Waals surface area contributed by atoms with Crippen LogP contribution in [0.1, 0.15) is 49.2 Å². The quantitative estimate of drug-likeness (QED) is 0.0820. The smallest absolute Gasteiger partial charge is 0.342 e. The third-order valence-corrected chi connectivity index (χ3v) is 11.6. The van der Waals surface area contributed by atoms with E-state index in [9.17, 15) is 20.2 Å². The van der Waals surface area contributed by atoms with Gasteiger partial charge < -0.3 is 4.74 Å². The number of carbonyl (C=O) groups is 1. The number of rotatable bonds is 7. The van der Waals surface area contributed by atoms with Gasteiger partial charge in [0.15, 0.2) is 5.52 Å². The highest BCUT2D eigenvalue weighted by Gasteiger charge is 2.43. The molecule has 0 bridgehead atoms. The number of anilines is 4. The predicted molar refractivity (Wildman–Crippen MR) is 220 cm³/mol. The Hall–Kier alpha value is -7.19. The number of nitrogens with zero attached hydrogens (tertiary/aromatic N) is 12. The number of aromatic nitrogens is 8. The van der Waals surface area contributed by atoms with Gasteiger partial charge in [0.25, 0.3) is 5.69 Å². The van der Waals surface area contributed by atoms with E-state index in [4.69, 9.17) is 35.2 Å². The molecule has 0 amide bonds. The van der Waals surface area contributed by atoms with Gasteiger partial charge in [-0.1, -0.05) is 32.4 Å². The Balaban J connectivity index is 1.42. The molecule has 0 N–H and O–H groups in total. The number of nitriles is 1. The normalized spacial score (nSPS) is 12.9. The van der Waals surface area contributed by atoms with Crippen LogP contribution in [-0.4, -0.2) is 57.2 Å². The van der Waals surface area contributed by atoms with Gasteiger partial charge in [-0.3, -0.25) is 10.1 Å². The Bertz CT molecular complexity index is 3390. The van der Waals surface area contributed by atoms with Crippen molar-refractivity contribution in [3.8, 4) is 28.3 Å². The van der Waals surface area contributed by atoms with Crippen LogP contribution < -0.4 is 10.1 Å². The van der Waals surface area contributed by atoms with E-state index in [1.807, 2.05) is 20.8 Å². The zero-order valence-electron chi connectivity index (χ0n) is 31.5.